The third kappa shape index (κ3) is 4.60. The van der Waals surface area contributed by atoms with E-state index >= 15 is 0 Å². The van der Waals surface area contributed by atoms with E-state index < -0.39 is 0 Å². The molecule has 19 heavy (non-hydrogen) atoms. The molecule has 0 aromatic carbocycles. The van der Waals surface area contributed by atoms with E-state index in [4.69, 9.17) is 10.5 Å². The maximum Gasteiger partial charge on any atom is 0.231 e. The Labute approximate surface area is 115 Å². The molecular weight excluding hydrogens is 242 g/mol. The smallest absolute Gasteiger partial charge is 0.231 e. The number of nitrogens with two attached hydrogens (primary N) is 1. The first-order valence-electron chi connectivity index (χ1n) is 7.14. The van der Waals surface area contributed by atoms with Crippen molar-refractivity contribution in [1.29, 1.82) is 0 Å². The number of likely N-dealkylation sites (N-methyl/N-ethyl adjacent to an activating group) is 1. The number of primary amides is 1. The minimum Gasteiger partial charge on any atom is -0.374 e. The number of hydrogen-bond acceptors (Lipinski definition) is 4. The van der Waals surface area contributed by atoms with Crippen molar-refractivity contribution in [2.75, 3.05) is 39.8 Å². The van der Waals surface area contributed by atoms with Crippen molar-refractivity contribution in [2.24, 2.45) is 5.73 Å². The van der Waals surface area contributed by atoms with E-state index in [1.807, 2.05) is 11.9 Å². The molecule has 0 bridgehead atoms. The molecule has 108 valence electrons. The molecule has 2 aliphatic rings. The van der Waals surface area contributed by atoms with Gasteiger partial charge in [0, 0.05) is 25.7 Å². The van der Waals surface area contributed by atoms with Gasteiger partial charge in [0.1, 0.15) is 0 Å². The van der Waals surface area contributed by atoms with Gasteiger partial charge in [-0.3, -0.25) is 14.6 Å². The molecule has 2 rings (SSSR count). The van der Waals surface area contributed by atoms with Crippen molar-refractivity contribution >= 4 is 5.91 Å². The van der Waals surface area contributed by atoms with Crippen molar-refractivity contribution in [2.45, 2.75) is 31.4 Å². The van der Waals surface area contributed by atoms with Gasteiger partial charge in [-0.05, 0) is 26.3 Å². The first-order chi connectivity index (χ1) is 9.15. The molecule has 0 unspecified atom stereocenters. The minimum absolute atomic E-state index is 0.174. The maximum absolute atomic E-state index is 10.9. The largest absolute Gasteiger partial charge is 0.374 e. The SMILES string of the molecule is CN(CC(N)=O)C[C@H]1CN([C@@H]2C=CCCC2)CCO1. The molecule has 0 spiro atoms. The summed E-state index contributed by atoms with van der Waals surface area (Å²) in [6.07, 6.45) is 8.54. The lowest BCUT2D eigenvalue weighted by atomic mass is 10.0. The zero-order valence-electron chi connectivity index (χ0n) is 11.8. The standard InChI is InChI=1S/C14H25N3O2/c1-16(11-14(15)18)9-13-10-17(7-8-19-13)12-5-3-2-4-6-12/h3,5,12-13H,2,4,6-11H2,1H3,(H2,15,18)/t12-,13+/m1/s1. The fourth-order valence-corrected chi connectivity index (χ4v) is 2.93. The van der Waals surface area contributed by atoms with Crippen LogP contribution in [0, 0.1) is 0 Å². The Kier molecular flexibility index (Phi) is 5.36. The summed E-state index contributed by atoms with van der Waals surface area (Å²) in [4.78, 5) is 15.3. The summed E-state index contributed by atoms with van der Waals surface area (Å²) in [6, 6.07) is 0.571. The highest BCUT2D eigenvalue weighted by Crippen LogP contribution is 2.19. The summed E-state index contributed by atoms with van der Waals surface area (Å²) in [5.74, 6) is -0.287. The summed E-state index contributed by atoms with van der Waals surface area (Å²) in [6.45, 7) is 3.78. The van der Waals surface area contributed by atoms with E-state index in [2.05, 4.69) is 17.1 Å². The fourth-order valence-electron chi connectivity index (χ4n) is 2.93. The van der Waals surface area contributed by atoms with Gasteiger partial charge < -0.3 is 10.5 Å². The third-order valence-corrected chi connectivity index (χ3v) is 3.81. The Hall–Kier alpha value is -0.910. The predicted molar refractivity (Wildman–Crippen MR) is 74.8 cm³/mol. The second kappa shape index (κ2) is 7.03. The van der Waals surface area contributed by atoms with Crippen molar-refractivity contribution < 1.29 is 9.53 Å². The molecule has 1 heterocycles. The number of nitrogens with zero attached hydrogens (tertiary/aromatic N) is 2. The monoisotopic (exact) mass is 267 g/mol. The van der Waals surface area contributed by atoms with Crippen molar-refractivity contribution in [3.63, 3.8) is 0 Å². The van der Waals surface area contributed by atoms with Crippen LogP contribution in [-0.4, -0.2) is 67.7 Å². The second-order valence-electron chi connectivity index (χ2n) is 5.58. The molecule has 1 saturated heterocycles. The molecule has 0 aromatic heterocycles. The summed E-state index contributed by atoms with van der Waals surface area (Å²) >= 11 is 0. The Morgan fingerprint density at radius 2 is 2.42 bits per heavy atom. The lowest BCUT2D eigenvalue weighted by Crippen LogP contribution is -2.51. The zero-order chi connectivity index (χ0) is 13.7. The summed E-state index contributed by atoms with van der Waals surface area (Å²) in [5.41, 5.74) is 5.20. The summed E-state index contributed by atoms with van der Waals surface area (Å²) in [7, 11) is 1.91. The highest BCUT2D eigenvalue weighted by Gasteiger charge is 2.26. The summed E-state index contributed by atoms with van der Waals surface area (Å²) in [5, 5.41) is 0. The van der Waals surface area contributed by atoms with Gasteiger partial charge in [-0.1, -0.05) is 12.2 Å². The molecule has 1 amide bonds. The van der Waals surface area contributed by atoms with Gasteiger partial charge in [0.05, 0.1) is 19.3 Å². The molecule has 2 N–H and O–H groups in total. The number of hydrogen-bond donors (Lipinski definition) is 1. The summed E-state index contributed by atoms with van der Waals surface area (Å²) < 4.78 is 5.79. The van der Waals surface area contributed by atoms with E-state index in [0.717, 1.165) is 26.2 Å². The number of amides is 1. The van der Waals surface area contributed by atoms with Crippen LogP contribution in [0.3, 0.4) is 0 Å². The Bertz CT molecular complexity index is 333. The van der Waals surface area contributed by atoms with Gasteiger partial charge in [-0.15, -0.1) is 0 Å². The molecule has 2 atom stereocenters. The first kappa shape index (κ1) is 14.5. The van der Waals surface area contributed by atoms with Crippen LogP contribution >= 0.6 is 0 Å². The van der Waals surface area contributed by atoms with Crippen molar-refractivity contribution in [3.8, 4) is 0 Å². The molecule has 0 radical (unpaired) electrons. The van der Waals surface area contributed by atoms with E-state index in [-0.39, 0.29) is 12.0 Å². The topological polar surface area (TPSA) is 58.8 Å². The molecule has 1 fully saturated rings. The van der Waals surface area contributed by atoms with Gasteiger partial charge in [0.25, 0.3) is 0 Å². The third-order valence-electron chi connectivity index (χ3n) is 3.81. The predicted octanol–water partition coefficient (Wildman–Crippen LogP) is 0.213. The number of allylic oxidation sites excluding steroid dienone is 1. The van der Waals surface area contributed by atoms with Crippen LogP contribution in [0.2, 0.25) is 0 Å². The number of rotatable bonds is 5. The Morgan fingerprint density at radius 1 is 1.58 bits per heavy atom. The molecule has 0 aromatic rings. The molecule has 5 heteroatoms. The number of carbonyl (C=O) groups is 1. The average Bonchev–Trinajstić information content (AvgIpc) is 2.39. The first-order valence-corrected chi connectivity index (χ1v) is 7.14. The fraction of sp³-hybridized carbons (Fsp3) is 0.786. The van der Waals surface area contributed by atoms with Crippen molar-refractivity contribution in [3.05, 3.63) is 12.2 Å². The molecule has 0 saturated carbocycles. The molecular formula is C14H25N3O2. The molecule has 1 aliphatic heterocycles. The maximum atomic E-state index is 10.9. The van der Waals surface area contributed by atoms with E-state index in [1.54, 1.807) is 0 Å². The van der Waals surface area contributed by atoms with Crippen LogP contribution in [0.5, 0.6) is 0 Å². The van der Waals surface area contributed by atoms with Crippen LogP contribution in [-0.2, 0) is 9.53 Å². The van der Waals surface area contributed by atoms with Crippen LogP contribution in [0.15, 0.2) is 12.2 Å². The molecule has 1 aliphatic carbocycles. The van der Waals surface area contributed by atoms with Crippen molar-refractivity contribution in [1.82, 2.24) is 9.80 Å². The van der Waals surface area contributed by atoms with Crippen LogP contribution < -0.4 is 5.73 Å². The Morgan fingerprint density at radius 3 is 3.11 bits per heavy atom. The highest BCUT2D eigenvalue weighted by molar-refractivity contribution is 5.75. The zero-order valence-corrected chi connectivity index (χ0v) is 11.8. The Balaban J connectivity index is 1.81. The van der Waals surface area contributed by atoms with E-state index in [0.29, 0.717) is 12.6 Å². The van der Waals surface area contributed by atoms with Crippen LogP contribution in [0.4, 0.5) is 0 Å². The number of morpholine rings is 1. The highest BCUT2D eigenvalue weighted by atomic mass is 16.5. The van der Waals surface area contributed by atoms with Gasteiger partial charge >= 0.3 is 0 Å². The van der Waals surface area contributed by atoms with Gasteiger partial charge in [-0.2, -0.15) is 0 Å². The van der Waals surface area contributed by atoms with E-state index in [1.165, 1.54) is 19.3 Å². The minimum atomic E-state index is -0.287. The van der Waals surface area contributed by atoms with Gasteiger partial charge in [0.15, 0.2) is 0 Å². The number of ether oxygens (including phenoxy) is 1. The van der Waals surface area contributed by atoms with E-state index in [9.17, 15) is 4.79 Å². The lowest BCUT2D eigenvalue weighted by Gasteiger charge is -2.39. The van der Waals surface area contributed by atoms with Gasteiger partial charge in [-0.25, -0.2) is 0 Å². The molecule has 5 nitrogen and oxygen atoms in total. The number of carbonyl (C=O) groups excluding carboxylic acids is 1. The lowest BCUT2D eigenvalue weighted by molar-refractivity contribution is -0.119. The second-order valence-corrected chi connectivity index (χ2v) is 5.58. The van der Waals surface area contributed by atoms with Crippen LogP contribution in [0.1, 0.15) is 19.3 Å². The quantitative estimate of drug-likeness (QED) is 0.724. The van der Waals surface area contributed by atoms with Crippen LogP contribution in [0.25, 0.3) is 0 Å². The average molecular weight is 267 g/mol. The normalized spacial score (nSPS) is 28.7. The van der Waals surface area contributed by atoms with Gasteiger partial charge in [0.2, 0.25) is 5.91 Å².